The van der Waals surface area contributed by atoms with Gasteiger partial charge in [0.2, 0.25) is 0 Å². The number of amides is 1. The van der Waals surface area contributed by atoms with E-state index in [2.05, 4.69) is 25.8 Å². The third-order valence-corrected chi connectivity index (χ3v) is 4.31. The molecule has 3 heteroatoms. The monoisotopic (exact) mass is 305 g/mol. The van der Waals surface area contributed by atoms with Crippen LogP contribution in [-0.2, 0) is 10.3 Å². The van der Waals surface area contributed by atoms with Crippen LogP contribution in [-0.4, -0.2) is 17.6 Å². The van der Waals surface area contributed by atoms with Crippen molar-refractivity contribution in [1.29, 1.82) is 0 Å². The molecule has 1 saturated heterocycles. The lowest BCUT2D eigenvalue weighted by Crippen LogP contribution is -2.46. The second kappa shape index (κ2) is 6.18. The molecule has 0 radical (unpaired) electrons. The summed E-state index contributed by atoms with van der Waals surface area (Å²) in [7, 11) is 0. The van der Waals surface area contributed by atoms with Gasteiger partial charge in [-0.25, -0.2) is 9.69 Å². The number of ether oxygens (including phenoxy) is 1. The van der Waals surface area contributed by atoms with Crippen molar-refractivity contribution in [2.45, 2.75) is 19.4 Å². The number of cyclic esters (lactones) is 1. The summed E-state index contributed by atoms with van der Waals surface area (Å²) in [6.45, 7) is 4.50. The number of hydrogen-bond donors (Lipinski definition) is 0. The Morgan fingerprint density at radius 1 is 1.04 bits per heavy atom. The van der Waals surface area contributed by atoms with Gasteiger partial charge in [0.05, 0.1) is 0 Å². The average Bonchev–Trinajstić information content (AvgIpc) is 2.92. The third kappa shape index (κ3) is 2.68. The van der Waals surface area contributed by atoms with Gasteiger partial charge in [-0.2, -0.15) is 0 Å². The van der Waals surface area contributed by atoms with Crippen LogP contribution in [0.25, 0.3) is 0 Å². The summed E-state index contributed by atoms with van der Waals surface area (Å²) >= 11 is 0. The zero-order chi connectivity index (χ0) is 16.3. The molecule has 1 aliphatic heterocycles. The van der Waals surface area contributed by atoms with Gasteiger partial charge in [0.25, 0.3) is 0 Å². The van der Waals surface area contributed by atoms with E-state index < -0.39 is 5.54 Å². The minimum Gasteiger partial charge on any atom is -0.446 e. The van der Waals surface area contributed by atoms with E-state index in [1.54, 1.807) is 4.90 Å². The number of carbonyl (C=O) groups is 1. The summed E-state index contributed by atoms with van der Waals surface area (Å²) in [5.41, 5.74) is 1.36. The van der Waals surface area contributed by atoms with Gasteiger partial charge in [-0.15, -0.1) is 0 Å². The van der Waals surface area contributed by atoms with Gasteiger partial charge in [-0.3, -0.25) is 0 Å². The van der Waals surface area contributed by atoms with Crippen molar-refractivity contribution < 1.29 is 9.53 Å². The highest BCUT2D eigenvalue weighted by Crippen LogP contribution is 2.40. The number of hydrogen-bond acceptors (Lipinski definition) is 2. The lowest BCUT2D eigenvalue weighted by atomic mass is 9.80. The summed E-state index contributed by atoms with van der Waals surface area (Å²) in [6, 6.07) is 22.7. The standard InChI is InChI=1S/C20H19NO2/c1-16(2)20(18-11-7-4-8-12-18)15-23-19(22)21(20)14-13-17-9-5-3-6-10-17/h3-12,16H,15H2,1-2H3/t20-/m1/s1. The Hall–Kier alpha value is -2.73. The summed E-state index contributed by atoms with van der Waals surface area (Å²) in [6.07, 6.45) is -0.383. The smallest absolute Gasteiger partial charge is 0.422 e. The average molecular weight is 305 g/mol. The molecule has 0 aliphatic carbocycles. The van der Waals surface area contributed by atoms with Gasteiger partial charge >= 0.3 is 6.09 Å². The number of nitrogens with zero attached hydrogens (tertiary/aromatic N) is 1. The van der Waals surface area contributed by atoms with Crippen LogP contribution in [0.15, 0.2) is 60.7 Å². The Morgan fingerprint density at radius 2 is 1.65 bits per heavy atom. The second-order valence-electron chi connectivity index (χ2n) is 5.94. The van der Waals surface area contributed by atoms with Crippen molar-refractivity contribution in [3.8, 4) is 12.0 Å². The van der Waals surface area contributed by atoms with E-state index in [4.69, 9.17) is 4.74 Å². The highest BCUT2D eigenvalue weighted by atomic mass is 16.6. The topological polar surface area (TPSA) is 29.5 Å². The van der Waals surface area contributed by atoms with Crippen LogP contribution >= 0.6 is 0 Å². The molecule has 0 saturated carbocycles. The van der Waals surface area contributed by atoms with Crippen molar-refractivity contribution in [1.82, 2.24) is 4.90 Å². The maximum Gasteiger partial charge on any atom is 0.422 e. The van der Waals surface area contributed by atoms with Crippen molar-refractivity contribution in [2.24, 2.45) is 5.92 Å². The predicted octanol–water partition coefficient (Wildman–Crippen LogP) is 4.00. The molecule has 1 amide bonds. The van der Waals surface area contributed by atoms with E-state index in [0.29, 0.717) is 6.61 Å². The molecule has 3 rings (SSSR count). The van der Waals surface area contributed by atoms with Crippen molar-refractivity contribution in [3.05, 3.63) is 71.8 Å². The van der Waals surface area contributed by atoms with Crippen LogP contribution in [0.4, 0.5) is 4.79 Å². The van der Waals surface area contributed by atoms with E-state index in [1.807, 2.05) is 60.7 Å². The maximum absolute atomic E-state index is 12.3. The molecule has 0 spiro atoms. The molecule has 0 N–H and O–H groups in total. The van der Waals surface area contributed by atoms with Crippen LogP contribution in [0.3, 0.4) is 0 Å². The minimum absolute atomic E-state index is 0.168. The van der Waals surface area contributed by atoms with Crippen LogP contribution in [0.2, 0.25) is 0 Å². The number of benzene rings is 2. The lowest BCUT2D eigenvalue weighted by molar-refractivity contribution is 0.159. The Kier molecular flexibility index (Phi) is 4.08. The first-order valence-corrected chi connectivity index (χ1v) is 7.74. The normalized spacial score (nSPS) is 20.1. The Bertz CT molecular complexity index is 743. The van der Waals surface area contributed by atoms with Crippen LogP contribution < -0.4 is 0 Å². The van der Waals surface area contributed by atoms with Gasteiger partial charge < -0.3 is 4.74 Å². The Balaban J connectivity index is 2.05. The van der Waals surface area contributed by atoms with Crippen LogP contribution in [0.5, 0.6) is 0 Å². The first-order chi connectivity index (χ1) is 11.1. The van der Waals surface area contributed by atoms with E-state index in [-0.39, 0.29) is 12.0 Å². The minimum atomic E-state index is -0.555. The van der Waals surface area contributed by atoms with Crippen molar-refractivity contribution >= 4 is 6.09 Å². The molecule has 1 atom stereocenters. The zero-order valence-electron chi connectivity index (χ0n) is 13.3. The fraction of sp³-hybridized carbons (Fsp3) is 0.250. The van der Waals surface area contributed by atoms with Gasteiger partial charge in [0.15, 0.2) is 0 Å². The second-order valence-corrected chi connectivity index (χ2v) is 5.94. The Labute approximate surface area is 136 Å². The van der Waals surface area contributed by atoms with E-state index in [0.717, 1.165) is 11.1 Å². The molecule has 2 aromatic carbocycles. The summed E-state index contributed by atoms with van der Waals surface area (Å²) in [4.78, 5) is 13.8. The molecule has 1 fully saturated rings. The van der Waals surface area contributed by atoms with Gasteiger partial charge in [-0.1, -0.05) is 62.4 Å². The highest BCUT2D eigenvalue weighted by Gasteiger charge is 2.50. The van der Waals surface area contributed by atoms with E-state index in [1.165, 1.54) is 0 Å². The number of rotatable bonds is 2. The first-order valence-electron chi connectivity index (χ1n) is 7.74. The van der Waals surface area contributed by atoms with Gasteiger partial charge in [-0.05, 0) is 29.5 Å². The molecule has 1 heterocycles. The molecule has 3 nitrogen and oxygen atoms in total. The molecular weight excluding hydrogens is 286 g/mol. The third-order valence-electron chi connectivity index (χ3n) is 4.31. The quantitative estimate of drug-likeness (QED) is 0.785. The van der Waals surface area contributed by atoms with E-state index in [9.17, 15) is 4.79 Å². The fourth-order valence-electron chi connectivity index (χ4n) is 2.95. The molecule has 1 aliphatic rings. The Morgan fingerprint density at radius 3 is 2.26 bits per heavy atom. The molecular formula is C20H19NO2. The zero-order valence-corrected chi connectivity index (χ0v) is 13.3. The highest BCUT2D eigenvalue weighted by molar-refractivity contribution is 5.74. The first kappa shape index (κ1) is 15.2. The molecule has 0 aromatic heterocycles. The summed E-state index contributed by atoms with van der Waals surface area (Å²) in [5.74, 6) is 3.24. The van der Waals surface area contributed by atoms with Crippen molar-refractivity contribution in [3.63, 3.8) is 0 Å². The van der Waals surface area contributed by atoms with Gasteiger partial charge in [0, 0.05) is 11.6 Å². The van der Waals surface area contributed by atoms with E-state index >= 15 is 0 Å². The van der Waals surface area contributed by atoms with Crippen LogP contribution in [0.1, 0.15) is 25.0 Å². The largest absolute Gasteiger partial charge is 0.446 e. The van der Waals surface area contributed by atoms with Crippen LogP contribution in [0, 0.1) is 17.9 Å². The summed E-state index contributed by atoms with van der Waals surface area (Å²) < 4.78 is 5.37. The van der Waals surface area contributed by atoms with Gasteiger partial charge in [0.1, 0.15) is 12.1 Å². The molecule has 0 bridgehead atoms. The molecule has 23 heavy (non-hydrogen) atoms. The molecule has 116 valence electrons. The van der Waals surface area contributed by atoms with Crippen molar-refractivity contribution in [2.75, 3.05) is 6.61 Å². The number of carbonyl (C=O) groups excluding carboxylic acids is 1. The fourth-order valence-corrected chi connectivity index (χ4v) is 2.95. The maximum atomic E-state index is 12.3. The molecule has 2 aromatic rings. The molecule has 0 unspecified atom stereocenters. The lowest BCUT2D eigenvalue weighted by Gasteiger charge is -2.36. The SMILES string of the molecule is CC(C)[C@@]1(c2ccccc2)COC(=O)N1C#Cc1ccccc1. The summed E-state index contributed by atoms with van der Waals surface area (Å²) in [5, 5.41) is 0. The predicted molar refractivity (Wildman–Crippen MR) is 89.5 cm³/mol.